The van der Waals surface area contributed by atoms with Gasteiger partial charge in [0.1, 0.15) is 0 Å². The van der Waals surface area contributed by atoms with Crippen LogP contribution in [-0.4, -0.2) is 54.7 Å². The number of thiazole rings is 1. The number of carbonyl (C=O) groups is 1. The number of carbonyl (C=O) groups excluding carboxylic acids is 1. The number of non-ortho nitro benzene ring substituents is 1. The quantitative estimate of drug-likeness (QED) is 0.383. The second-order valence-corrected chi connectivity index (χ2v) is 8.62. The third kappa shape index (κ3) is 4.41. The molecule has 1 aliphatic heterocycles. The Hall–Kier alpha value is -2.95. The molecule has 0 radical (unpaired) electrons. The summed E-state index contributed by atoms with van der Waals surface area (Å²) in [5.41, 5.74) is 0.546. The van der Waals surface area contributed by atoms with Crippen molar-refractivity contribution in [1.29, 1.82) is 0 Å². The van der Waals surface area contributed by atoms with Gasteiger partial charge in [0, 0.05) is 30.8 Å². The first kappa shape index (κ1) is 21.3. The van der Waals surface area contributed by atoms with Crippen LogP contribution < -0.4 is 14.4 Å². The molecule has 0 atom stereocenters. The number of nitro benzene ring substituents is 1. The van der Waals surface area contributed by atoms with Gasteiger partial charge < -0.3 is 14.4 Å². The van der Waals surface area contributed by atoms with E-state index in [4.69, 9.17) is 21.1 Å². The number of halogens is 1. The first-order valence-corrected chi connectivity index (χ1v) is 10.6. The summed E-state index contributed by atoms with van der Waals surface area (Å²) in [7, 11) is 3.89. The van der Waals surface area contributed by atoms with Crippen molar-refractivity contribution in [3.63, 3.8) is 0 Å². The van der Waals surface area contributed by atoms with Crippen LogP contribution in [-0.2, 0) is 0 Å². The first-order chi connectivity index (χ1) is 14.8. The van der Waals surface area contributed by atoms with Gasteiger partial charge in [-0.2, -0.15) is 0 Å². The molecule has 3 aromatic rings. The van der Waals surface area contributed by atoms with Gasteiger partial charge in [-0.1, -0.05) is 22.9 Å². The maximum Gasteiger partial charge on any atom is 0.270 e. The number of rotatable bonds is 7. The van der Waals surface area contributed by atoms with Crippen molar-refractivity contribution in [3.05, 3.63) is 51.0 Å². The number of hydrogen-bond acceptors (Lipinski definition) is 8. The molecule has 2 heterocycles. The van der Waals surface area contributed by atoms with Gasteiger partial charge in [0.25, 0.3) is 11.6 Å². The van der Waals surface area contributed by atoms with Crippen LogP contribution in [0.3, 0.4) is 0 Å². The van der Waals surface area contributed by atoms with Crippen LogP contribution in [0.15, 0.2) is 30.3 Å². The molecule has 1 aromatic heterocycles. The number of amides is 1. The summed E-state index contributed by atoms with van der Waals surface area (Å²) in [4.78, 5) is 32.2. The smallest absolute Gasteiger partial charge is 0.270 e. The highest BCUT2D eigenvalue weighted by Gasteiger charge is 2.26. The molecule has 0 saturated carbocycles. The molecule has 0 aliphatic carbocycles. The lowest BCUT2D eigenvalue weighted by Crippen LogP contribution is -2.33. The summed E-state index contributed by atoms with van der Waals surface area (Å²) >= 11 is 7.57. The molecule has 1 amide bonds. The summed E-state index contributed by atoms with van der Waals surface area (Å²) in [6.45, 7) is 1.30. The van der Waals surface area contributed by atoms with Gasteiger partial charge in [0.05, 0.1) is 25.7 Å². The number of ether oxygens (including phenoxy) is 2. The van der Waals surface area contributed by atoms with Crippen LogP contribution in [0.5, 0.6) is 11.5 Å². The molecule has 1 aliphatic rings. The maximum atomic E-state index is 13.4. The Morgan fingerprint density at radius 1 is 1.23 bits per heavy atom. The van der Waals surface area contributed by atoms with E-state index >= 15 is 0 Å². The molecule has 0 spiro atoms. The molecule has 4 rings (SSSR count). The topological polar surface area (TPSA) is 98.0 Å². The monoisotopic (exact) mass is 462 g/mol. The standard InChI is InChI=1S/C20H19ClN4O5S/c1-23(2)6-3-7-24(19(26)13-8-12(25(27)28)4-5-14(13)21)20-22-15-9-16-17(30-11-29-16)10-18(15)31-20/h4-5,8-10H,3,6-7,11H2,1-2H3. The second kappa shape index (κ2) is 8.66. The molecular weight excluding hydrogens is 444 g/mol. The molecule has 11 heteroatoms. The summed E-state index contributed by atoms with van der Waals surface area (Å²) in [5, 5.41) is 11.8. The van der Waals surface area contributed by atoms with Crippen molar-refractivity contribution in [2.45, 2.75) is 6.42 Å². The number of aromatic nitrogens is 1. The van der Waals surface area contributed by atoms with Crippen molar-refractivity contribution >= 4 is 49.9 Å². The molecule has 2 aromatic carbocycles. The van der Waals surface area contributed by atoms with E-state index in [2.05, 4.69) is 4.98 Å². The minimum Gasteiger partial charge on any atom is -0.454 e. The van der Waals surface area contributed by atoms with Crippen molar-refractivity contribution in [2.24, 2.45) is 0 Å². The van der Waals surface area contributed by atoms with Crippen LogP contribution >= 0.6 is 22.9 Å². The third-order valence-corrected chi connectivity index (χ3v) is 6.10. The van der Waals surface area contributed by atoms with Crippen molar-refractivity contribution in [3.8, 4) is 11.5 Å². The van der Waals surface area contributed by atoms with Gasteiger partial charge in [0.2, 0.25) is 6.79 Å². The Bertz CT molecular complexity index is 1120. The maximum absolute atomic E-state index is 13.4. The number of benzene rings is 2. The zero-order valence-electron chi connectivity index (χ0n) is 16.8. The molecule has 0 fully saturated rings. The molecular formula is C20H19ClN4O5S. The predicted octanol–water partition coefficient (Wildman–Crippen LogP) is 4.19. The molecule has 31 heavy (non-hydrogen) atoms. The van der Waals surface area contributed by atoms with Crippen molar-refractivity contribution in [2.75, 3.05) is 38.9 Å². The Morgan fingerprint density at radius 3 is 2.68 bits per heavy atom. The van der Waals surface area contributed by atoms with Gasteiger partial charge in [0.15, 0.2) is 16.6 Å². The molecule has 0 bridgehead atoms. The van der Waals surface area contributed by atoms with E-state index in [1.54, 1.807) is 6.07 Å². The molecule has 0 saturated heterocycles. The largest absolute Gasteiger partial charge is 0.454 e. The number of anilines is 1. The molecule has 162 valence electrons. The van der Waals surface area contributed by atoms with E-state index in [9.17, 15) is 14.9 Å². The van der Waals surface area contributed by atoms with Gasteiger partial charge in [-0.25, -0.2) is 4.98 Å². The van der Waals surface area contributed by atoms with E-state index < -0.39 is 10.8 Å². The summed E-state index contributed by atoms with van der Waals surface area (Å²) < 4.78 is 11.7. The normalized spacial score (nSPS) is 12.5. The van der Waals surface area contributed by atoms with Gasteiger partial charge >= 0.3 is 0 Å². The minimum absolute atomic E-state index is 0.0640. The van der Waals surface area contributed by atoms with Crippen LogP contribution in [0.4, 0.5) is 10.8 Å². The zero-order chi connectivity index (χ0) is 22.1. The Balaban J connectivity index is 1.72. The summed E-state index contributed by atoms with van der Waals surface area (Å²) in [6, 6.07) is 7.45. The van der Waals surface area contributed by atoms with Crippen molar-refractivity contribution < 1.29 is 19.2 Å². The summed E-state index contributed by atoms with van der Waals surface area (Å²) in [5.74, 6) is 0.804. The Kier molecular flexibility index (Phi) is 5.94. The molecule has 0 N–H and O–H groups in total. The number of hydrogen-bond donors (Lipinski definition) is 0. The Morgan fingerprint density at radius 2 is 1.97 bits per heavy atom. The lowest BCUT2D eigenvalue weighted by Gasteiger charge is -2.21. The highest BCUT2D eigenvalue weighted by molar-refractivity contribution is 7.22. The van der Waals surface area contributed by atoms with E-state index in [-0.39, 0.29) is 23.1 Å². The average Bonchev–Trinajstić information content (AvgIpc) is 3.34. The van der Waals surface area contributed by atoms with E-state index in [1.807, 2.05) is 25.1 Å². The number of nitro groups is 1. The summed E-state index contributed by atoms with van der Waals surface area (Å²) in [6.07, 6.45) is 0.684. The van der Waals surface area contributed by atoms with Gasteiger partial charge in [-0.05, 0) is 33.1 Å². The highest BCUT2D eigenvalue weighted by atomic mass is 35.5. The Labute approximate surface area is 186 Å². The third-order valence-electron chi connectivity index (χ3n) is 4.73. The van der Waals surface area contributed by atoms with E-state index in [1.165, 1.54) is 34.4 Å². The predicted molar refractivity (Wildman–Crippen MR) is 119 cm³/mol. The number of nitrogens with zero attached hydrogens (tertiary/aromatic N) is 4. The molecule has 0 unspecified atom stereocenters. The van der Waals surface area contributed by atoms with Crippen LogP contribution in [0, 0.1) is 10.1 Å². The minimum atomic E-state index is -0.553. The van der Waals surface area contributed by atoms with Gasteiger partial charge in [-0.3, -0.25) is 19.8 Å². The van der Waals surface area contributed by atoms with Gasteiger partial charge in [-0.15, -0.1) is 0 Å². The zero-order valence-corrected chi connectivity index (χ0v) is 18.4. The second-order valence-electron chi connectivity index (χ2n) is 7.20. The van der Waals surface area contributed by atoms with Crippen LogP contribution in [0.2, 0.25) is 5.02 Å². The van der Waals surface area contributed by atoms with Crippen LogP contribution in [0.25, 0.3) is 10.2 Å². The van der Waals surface area contributed by atoms with Crippen molar-refractivity contribution in [1.82, 2.24) is 9.88 Å². The fraction of sp³-hybridized carbons (Fsp3) is 0.300. The fourth-order valence-electron chi connectivity index (χ4n) is 3.19. The SMILES string of the molecule is CN(C)CCCN(C(=O)c1cc([N+](=O)[O-])ccc1Cl)c1nc2cc3c(cc2s1)OCO3. The van der Waals surface area contributed by atoms with E-state index in [0.29, 0.717) is 35.1 Å². The average molecular weight is 463 g/mol. The fourth-order valence-corrected chi connectivity index (χ4v) is 4.39. The number of fused-ring (bicyclic) bond motifs is 2. The van der Waals surface area contributed by atoms with Crippen LogP contribution in [0.1, 0.15) is 16.8 Å². The van der Waals surface area contributed by atoms with E-state index in [0.717, 1.165) is 11.2 Å². The molecule has 9 nitrogen and oxygen atoms in total. The highest BCUT2D eigenvalue weighted by Crippen LogP contribution is 2.40. The first-order valence-electron chi connectivity index (χ1n) is 9.44. The lowest BCUT2D eigenvalue weighted by atomic mass is 10.1. The lowest BCUT2D eigenvalue weighted by molar-refractivity contribution is -0.384.